The number of aromatic nitrogens is 2. The first-order valence-corrected chi connectivity index (χ1v) is 7.85. The van der Waals surface area contributed by atoms with Gasteiger partial charge in [-0.2, -0.15) is 0 Å². The molecule has 2 N–H and O–H groups in total. The fourth-order valence-corrected chi connectivity index (χ4v) is 2.55. The Kier molecular flexibility index (Phi) is 4.90. The zero-order valence-corrected chi connectivity index (χ0v) is 14.0. The maximum Gasteiger partial charge on any atom is 0.183 e. The summed E-state index contributed by atoms with van der Waals surface area (Å²) in [5.41, 5.74) is 10.7. The Morgan fingerprint density at radius 3 is 2.68 bits per heavy atom. The highest BCUT2D eigenvalue weighted by Crippen LogP contribution is 2.29. The summed E-state index contributed by atoms with van der Waals surface area (Å²) >= 11 is 0. The molecule has 0 aliphatic rings. The lowest BCUT2D eigenvalue weighted by Crippen LogP contribution is -1.97. The lowest BCUT2D eigenvalue weighted by Gasteiger charge is -2.08. The van der Waals surface area contributed by atoms with E-state index in [0.717, 1.165) is 33.2 Å². The second-order valence-electron chi connectivity index (χ2n) is 5.48. The van der Waals surface area contributed by atoms with E-state index in [2.05, 4.69) is 22.6 Å². The number of fused-ring (bicyclic) bond motifs is 1. The van der Waals surface area contributed by atoms with E-state index in [1.54, 1.807) is 18.5 Å². The minimum atomic E-state index is 0.353. The number of hydrogen-bond acceptors (Lipinski definition) is 4. The molecule has 0 amide bonds. The fourth-order valence-electron chi connectivity index (χ4n) is 2.55. The third kappa shape index (κ3) is 3.75. The Bertz CT molecular complexity index is 959. The van der Waals surface area contributed by atoms with Crippen molar-refractivity contribution < 1.29 is 4.74 Å². The molecule has 0 bridgehead atoms. The highest BCUT2D eigenvalue weighted by atomic mass is 16.5. The van der Waals surface area contributed by atoms with Gasteiger partial charge >= 0.3 is 0 Å². The number of nitrogens with two attached hydrogens (primary N) is 1. The zero-order chi connectivity index (χ0) is 17.6. The van der Waals surface area contributed by atoms with Crippen molar-refractivity contribution in [2.45, 2.75) is 0 Å². The molecule has 3 rings (SSSR count). The Labute approximate surface area is 147 Å². The molecular weight excluding hydrogens is 310 g/mol. The summed E-state index contributed by atoms with van der Waals surface area (Å²) in [5.74, 6) is 0.353. The van der Waals surface area contributed by atoms with E-state index in [1.807, 2.05) is 48.7 Å². The van der Waals surface area contributed by atoms with Gasteiger partial charge in [-0.1, -0.05) is 24.8 Å². The van der Waals surface area contributed by atoms with Crippen molar-refractivity contribution in [1.29, 1.82) is 0 Å². The standard InChI is InChI=1S/C21H19N3O/c1-15(4-3-5-21(22)25-2)17-6-7-20-19(14-17)18(10-13-24-20)16-8-11-23-12-9-16/h3-14H,1,22H2,2H3/b4-3-,21-5+. The molecule has 2 aromatic heterocycles. The number of allylic oxidation sites excluding steroid dienone is 4. The third-order valence-electron chi connectivity index (χ3n) is 3.90. The normalized spacial score (nSPS) is 11.8. The van der Waals surface area contributed by atoms with Crippen LogP contribution in [0.15, 0.2) is 85.7 Å². The van der Waals surface area contributed by atoms with E-state index < -0.39 is 0 Å². The van der Waals surface area contributed by atoms with Crippen LogP contribution in [-0.2, 0) is 4.74 Å². The summed E-state index contributed by atoms with van der Waals surface area (Å²) in [6.07, 6.45) is 10.8. The van der Waals surface area contributed by atoms with E-state index in [9.17, 15) is 0 Å². The number of ether oxygens (including phenoxy) is 1. The molecule has 0 spiro atoms. The monoisotopic (exact) mass is 329 g/mol. The van der Waals surface area contributed by atoms with Gasteiger partial charge in [-0.05, 0) is 58.7 Å². The molecule has 25 heavy (non-hydrogen) atoms. The van der Waals surface area contributed by atoms with Crippen LogP contribution < -0.4 is 5.73 Å². The second kappa shape index (κ2) is 7.45. The van der Waals surface area contributed by atoms with Crippen molar-refractivity contribution in [3.05, 3.63) is 91.2 Å². The number of rotatable bonds is 5. The lowest BCUT2D eigenvalue weighted by molar-refractivity contribution is 0.287. The molecular formula is C21H19N3O. The van der Waals surface area contributed by atoms with Gasteiger partial charge in [0, 0.05) is 24.0 Å². The van der Waals surface area contributed by atoms with E-state index >= 15 is 0 Å². The maximum absolute atomic E-state index is 5.60. The Morgan fingerprint density at radius 1 is 1.12 bits per heavy atom. The summed E-state index contributed by atoms with van der Waals surface area (Å²) in [7, 11) is 1.53. The molecule has 0 unspecified atom stereocenters. The van der Waals surface area contributed by atoms with Crippen molar-refractivity contribution in [3.63, 3.8) is 0 Å². The van der Waals surface area contributed by atoms with Crippen LogP contribution in [0.1, 0.15) is 5.56 Å². The molecule has 1 aromatic carbocycles. The third-order valence-corrected chi connectivity index (χ3v) is 3.90. The lowest BCUT2D eigenvalue weighted by atomic mass is 9.98. The second-order valence-corrected chi connectivity index (χ2v) is 5.48. The summed E-state index contributed by atoms with van der Waals surface area (Å²) in [4.78, 5) is 8.55. The minimum Gasteiger partial charge on any atom is -0.483 e. The number of pyridine rings is 2. The van der Waals surface area contributed by atoms with Crippen molar-refractivity contribution in [2.24, 2.45) is 5.73 Å². The van der Waals surface area contributed by atoms with E-state index in [-0.39, 0.29) is 0 Å². The van der Waals surface area contributed by atoms with Gasteiger partial charge in [0.2, 0.25) is 0 Å². The molecule has 0 fully saturated rings. The van der Waals surface area contributed by atoms with E-state index in [4.69, 9.17) is 10.5 Å². The van der Waals surface area contributed by atoms with Crippen LogP contribution in [0.2, 0.25) is 0 Å². The average molecular weight is 329 g/mol. The molecule has 2 heterocycles. The van der Waals surface area contributed by atoms with Crippen molar-refractivity contribution >= 4 is 16.5 Å². The molecule has 0 aliphatic heterocycles. The van der Waals surface area contributed by atoms with Crippen LogP contribution in [0.5, 0.6) is 0 Å². The molecule has 0 aliphatic carbocycles. The molecule has 124 valence electrons. The maximum atomic E-state index is 5.60. The molecule has 3 aromatic rings. The van der Waals surface area contributed by atoms with Gasteiger partial charge in [0.1, 0.15) is 0 Å². The van der Waals surface area contributed by atoms with E-state index in [1.165, 1.54) is 7.11 Å². The Hall–Kier alpha value is -3.40. The van der Waals surface area contributed by atoms with Crippen molar-refractivity contribution in [2.75, 3.05) is 7.11 Å². The molecule has 4 heteroatoms. The topological polar surface area (TPSA) is 61.0 Å². The van der Waals surface area contributed by atoms with Gasteiger partial charge in [0.05, 0.1) is 12.6 Å². The van der Waals surface area contributed by atoms with Gasteiger partial charge in [-0.25, -0.2) is 0 Å². The molecule has 0 saturated heterocycles. The number of benzene rings is 1. The average Bonchev–Trinajstić information content (AvgIpc) is 2.67. The Balaban J connectivity index is 2.01. The first-order chi connectivity index (χ1) is 12.2. The number of nitrogens with zero attached hydrogens (tertiary/aromatic N) is 2. The minimum absolute atomic E-state index is 0.353. The predicted octanol–water partition coefficient (Wildman–Crippen LogP) is 4.31. The Morgan fingerprint density at radius 2 is 1.92 bits per heavy atom. The van der Waals surface area contributed by atoms with Gasteiger partial charge in [0.15, 0.2) is 5.88 Å². The molecule has 0 saturated carbocycles. The van der Waals surface area contributed by atoms with Crippen LogP contribution >= 0.6 is 0 Å². The largest absolute Gasteiger partial charge is 0.483 e. The van der Waals surface area contributed by atoms with E-state index in [0.29, 0.717) is 5.88 Å². The molecule has 0 radical (unpaired) electrons. The van der Waals surface area contributed by atoms with Crippen LogP contribution in [0.4, 0.5) is 0 Å². The van der Waals surface area contributed by atoms with Crippen LogP contribution in [-0.4, -0.2) is 17.1 Å². The quantitative estimate of drug-likeness (QED) is 0.559. The van der Waals surface area contributed by atoms with Gasteiger partial charge in [-0.3, -0.25) is 9.97 Å². The van der Waals surface area contributed by atoms with Crippen LogP contribution in [0.25, 0.3) is 27.6 Å². The first-order valence-electron chi connectivity index (χ1n) is 7.85. The van der Waals surface area contributed by atoms with Crippen LogP contribution in [0.3, 0.4) is 0 Å². The summed E-state index contributed by atoms with van der Waals surface area (Å²) in [6, 6.07) is 12.1. The first kappa shape index (κ1) is 16.5. The zero-order valence-electron chi connectivity index (χ0n) is 14.0. The summed E-state index contributed by atoms with van der Waals surface area (Å²) in [5, 5.41) is 1.08. The number of hydrogen-bond donors (Lipinski definition) is 1. The fraction of sp³-hybridized carbons (Fsp3) is 0.0476. The van der Waals surface area contributed by atoms with Crippen molar-refractivity contribution in [3.8, 4) is 11.1 Å². The van der Waals surface area contributed by atoms with Gasteiger partial charge < -0.3 is 10.5 Å². The van der Waals surface area contributed by atoms with Crippen LogP contribution in [0, 0.1) is 0 Å². The summed E-state index contributed by atoms with van der Waals surface area (Å²) in [6.45, 7) is 4.13. The SMILES string of the molecule is C=C(/C=C\C=C(/N)OC)c1ccc2nccc(-c3ccncc3)c2c1. The smallest absolute Gasteiger partial charge is 0.183 e. The highest BCUT2D eigenvalue weighted by Gasteiger charge is 2.06. The van der Waals surface area contributed by atoms with Crippen molar-refractivity contribution in [1.82, 2.24) is 9.97 Å². The number of methoxy groups -OCH3 is 1. The molecule has 4 nitrogen and oxygen atoms in total. The summed E-state index contributed by atoms with van der Waals surface area (Å²) < 4.78 is 4.90. The predicted molar refractivity (Wildman–Crippen MR) is 102 cm³/mol. The molecule has 0 atom stereocenters. The van der Waals surface area contributed by atoms with Gasteiger partial charge in [0.25, 0.3) is 0 Å². The highest BCUT2D eigenvalue weighted by molar-refractivity contribution is 5.96. The van der Waals surface area contributed by atoms with Gasteiger partial charge in [-0.15, -0.1) is 0 Å².